The number of aliphatic imine (C=N–C) groups is 1. The molecule has 0 bridgehead atoms. The Kier molecular flexibility index (Phi) is 8.14. The van der Waals surface area contributed by atoms with Crippen molar-refractivity contribution in [2.45, 2.75) is 33.6 Å². The Labute approximate surface area is 100.0 Å². The summed E-state index contributed by atoms with van der Waals surface area (Å²) in [5, 5.41) is 0. The summed E-state index contributed by atoms with van der Waals surface area (Å²) in [6, 6.07) is 0. The van der Waals surface area contributed by atoms with Crippen LogP contribution >= 0.6 is 0 Å². The van der Waals surface area contributed by atoms with Gasteiger partial charge in [0.1, 0.15) is 0 Å². The lowest BCUT2D eigenvalue weighted by Gasteiger charge is -1.98. The maximum absolute atomic E-state index is 3.93. The second-order valence-electron chi connectivity index (χ2n) is 3.40. The molecule has 0 heterocycles. The van der Waals surface area contributed by atoms with Gasteiger partial charge < -0.3 is 0 Å². The van der Waals surface area contributed by atoms with Gasteiger partial charge in [-0.1, -0.05) is 44.7 Å². The molecule has 0 unspecified atom stereocenters. The Hall–Kier alpha value is -1.37. The molecular formula is C15H23N. The Morgan fingerprint density at radius 2 is 1.88 bits per heavy atom. The van der Waals surface area contributed by atoms with Crippen molar-refractivity contribution in [3.05, 3.63) is 48.2 Å². The molecule has 0 aromatic carbocycles. The molecule has 1 heteroatoms. The Balaban J connectivity index is 0.00000106. The lowest BCUT2D eigenvalue weighted by molar-refractivity contribution is 1.12. The molecule has 1 nitrogen and oxygen atoms in total. The van der Waals surface area contributed by atoms with Crippen LogP contribution in [0.1, 0.15) is 33.6 Å². The highest BCUT2D eigenvalue weighted by atomic mass is 14.7. The molecule has 1 aliphatic rings. The average molecular weight is 217 g/mol. The topological polar surface area (TPSA) is 12.4 Å². The van der Waals surface area contributed by atoms with Crippen LogP contribution in [0.2, 0.25) is 0 Å². The summed E-state index contributed by atoms with van der Waals surface area (Å²) in [6.07, 6.45) is 12.8. The van der Waals surface area contributed by atoms with Gasteiger partial charge in [-0.2, -0.15) is 0 Å². The summed E-state index contributed by atoms with van der Waals surface area (Å²) in [4.78, 5) is 3.93. The van der Waals surface area contributed by atoms with Crippen molar-refractivity contribution in [2.75, 3.05) is 0 Å². The summed E-state index contributed by atoms with van der Waals surface area (Å²) in [6.45, 7) is 13.2. The standard InChI is InChI=1S/C13H17N.C2H6/c1-4-6-12(13(5-2)14-3)10-9-11-7-8-11;1-2/h4-6,9-11H,2-3,7-8H2,1H3;1-2H3/b6-4-,10-9+,13-12-;. The molecule has 1 aliphatic carbocycles. The predicted octanol–water partition coefficient (Wildman–Crippen LogP) is 4.70. The normalized spacial score (nSPS) is 16.7. The molecule has 0 radical (unpaired) electrons. The van der Waals surface area contributed by atoms with E-state index in [4.69, 9.17) is 0 Å². The maximum atomic E-state index is 3.93. The average Bonchev–Trinajstić information content (AvgIpc) is 3.14. The van der Waals surface area contributed by atoms with E-state index >= 15 is 0 Å². The SMILES string of the molecule is C=C/C(N=C)=C(\C=C/C)/C=C/C1CC1.CC. The van der Waals surface area contributed by atoms with Gasteiger partial charge in [-0.25, -0.2) is 0 Å². The number of nitrogens with zero attached hydrogens (tertiary/aromatic N) is 1. The maximum Gasteiger partial charge on any atom is 0.0688 e. The summed E-state index contributed by atoms with van der Waals surface area (Å²) in [7, 11) is 0. The molecule has 1 fully saturated rings. The van der Waals surface area contributed by atoms with Crippen LogP contribution in [-0.4, -0.2) is 6.72 Å². The monoisotopic (exact) mass is 217 g/mol. The van der Waals surface area contributed by atoms with Crippen LogP contribution in [0.5, 0.6) is 0 Å². The molecule has 0 amide bonds. The van der Waals surface area contributed by atoms with E-state index in [1.165, 1.54) is 12.8 Å². The molecule has 0 N–H and O–H groups in total. The van der Waals surface area contributed by atoms with Crippen LogP contribution in [-0.2, 0) is 0 Å². The third-order valence-electron chi connectivity index (χ3n) is 2.18. The minimum atomic E-state index is 0.783. The summed E-state index contributed by atoms with van der Waals surface area (Å²) in [5.74, 6) is 0.783. The molecule has 88 valence electrons. The van der Waals surface area contributed by atoms with E-state index in [9.17, 15) is 0 Å². The van der Waals surface area contributed by atoms with E-state index in [2.05, 4.69) is 30.4 Å². The van der Waals surface area contributed by atoms with Crippen molar-refractivity contribution >= 4 is 6.72 Å². The smallest absolute Gasteiger partial charge is 0.0688 e. The lowest BCUT2D eigenvalue weighted by Crippen LogP contribution is -1.80. The van der Waals surface area contributed by atoms with Crippen molar-refractivity contribution in [2.24, 2.45) is 10.9 Å². The van der Waals surface area contributed by atoms with Gasteiger partial charge in [0, 0.05) is 0 Å². The van der Waals surface area contributed by atoms with Crippen molar-refractivity contribution in [3.63, 3.8) is 0 Å². The minimum absolute atomic E-state index is 0.783. The lowest BCUT2D eigenvalue weighted by atomic mass is 10.1. The first-order valence-corrected chi connectivity index (χ1v) is 5.96. The van der Waals surface area contributed by atoms with Gasteiger partial charge in [-0.15, -0.1) is 0 Å². The molecular weight excluding hydrogens is 194 g/mol. The molecule has 0 aliphatic heterocycles. The van der Waals surface area contributed by atoms with Crippen molar-refractivity contribution in [1.29, 1.82) is 0 Å². The number of rotatable bonds is 5. The number of allylic oxidation sites excluding steroid dienone is 6. The fourth-order valence-electron chi connectivity index (χ4n) is 1.21. The minimum Gasteiger partial charge on any atom is -0.264 e. The molecule has 0 aromatic rings. The Morgan fingerprint density at radius 1 is 1.25 bits per heavy atom. The molecule has 0 saturated heterocycles. The second kappa shape index (κ2) is 8.90. The van der Waals surface area contributed by atoms with E-state index in [-0.39, 0.29) is 0 Å². The Morgan fingerprint density at radius 3 is 2.25 bits per heavy atom. The van der Waals surface area contributed by atoms with E-state index < -0.39 is 0 Å². The van der Waals surface area contributed by atoms with Crippen molar-refractivity contribution < 1.29 is 0 Å². The first-order chi connectivity index (χ1) is 7.81. The quantitative estimate of drug-likeness (QED) is 0.467. The highest BCUT2D eigenvalue weighted by Gasteiger charge is 2.17. The van der Waals surface area contributed by atoms with Crippen molar-refractivity contribution in [1.82, 2.24) is 0 Å². The van der Waals surface area contributed by atoms with Crippen LogP contribution in [0, 0.1) is 5.92 Å². The van der Waals surface area contributed by atoms with Crippen LogP contribution in [0.25, 0.3) is 0 Å². The molecule has 1 rings (SSSR count). The number of hydrogen-bond acceptors (Lipinski definition) is 1. The van der Waals surface area contributed by atoms with Gasteiger partial charge in [0.05, 0.1) is 5.70 Å². The molecule has 0 atom stereocenters. The van der Waals surface area contributed by atoms with Crippen LogP contribution in [0.3, 0.4) is 0 Å². The van der Waals surface area contributed by atoms with E-state index in [1.54, 1.807) is 6.08 Å². The van der Waals surface area contributed by atoms with E-state index in [0.717, 1.165) is 17.2 Å². The fourth-order valence-corrected chi connectivity index (χ4v) is 1.21. The summed E-state index contributed by atoms with van der Waals surface area (Å²) in [5.41, 5.74) is 1.93. The highest BCUT2D eigenvalue weighted by Crippen LogP contribution is 2.30. The van der Waals surface area contributed by atoms with Gasteiger partial charge in [-0.05, 0) is 44.0 Å². The zero-order valence-corrected chi connectivity index (χ0v) is 10.7. The van der Waals surface area contributed by atoms with Gasteiger partial charge in [0.2, 0.25) is 0 Å². The van der Waals surface area contributed by atoms with Crippen LogP contribution in [0.4, 0.5) is 0 Å². The zero-order valence-electron chi connectivity index (χ0n) is 10.7. The Bertz CT molecular complexity index is 291. The third-order valence-corrected chi connectivity index (χ3v) is 2.18. The van der Waals surface area contributed by atoms with Crippen LogP contribution in [0.15, 0.2) is 53.2 Å². The van der Waals surface area contributed by atoms with Gasteiger partial charge in [0.25, 0.3) is 0 Å². The van der Waals surface area contributed by atoms with E-state index in [1.807, 2.05) is 32.9 Å². The van der Waals surface area contributed by atoms with Gasteiger partial charge in [0.15, 0.2) is 0 Å². The van der Waals surface area contributed by atoms with Crippen molar-refractivity contribution in [3.8, 4) is 0 Å². The molecule has 0 aromatic heterocycles. The zero-order chi connectivity index (χ0) is 12.4. The van der Waals surface area contributed by atoms with Crippen LogP contribution < -0.4 is 0 Å². The van der Waals surface area contributed by atoms with Gasteiger partial charge >= 0.3 is 0 Å². The third kappa shape index (κ3) is 5.50. The number of hydrogen-bond donors (Lipinski definition) is 0. The summed E-state index contributed by atoms with van der Waals surface area (Å²) < 4.78 is 0. The molecule has 0 spiro atoms. The fraction of sp³-hybridized carbons (Fsp3) is 0.400. The largest absolute Gasteiger partial charge is 0.264 e. The predicted molar refractivity (Wildman–Crippen MR) is 74.8 cm³/mol. The van der Waals surface area contributed by atoms with Gasteiger partial charge in [-0.3, -0.25) is 4.99 Å². The first-order valence-electron chi connectivity index (χ1n) is 5.96. The summed E-state index contributed by atoms with van der Waals surface area (Å²) >= 11 is 0. The molecule has 1 saturated carbocycles. The van der Waals surface area contributed by atoms with E-state index in [0.29, 0.717) is 0 Å². The second-order valence-corrected chi connectivity index (χ2v) is 3.40. The molecule has 16 heavy (non-hydrogen) atoms. The highest BCUT2D eigenvalue weighted by molar-refractivity contribution is 5.44. The first kappa shape index (κ1) is 14.6.